The summed E-state index contributed by atoms with van der Waals surface area (Å²) in [6.07, 6.45) is 0. The molecule has 1 N–H and O–H groups in total. The number of ether oxygens (including phenoxy) is 1. The smallest absolute Gasteiger partial charge is 0.255 e. The summed E-state index contributed by atoms with van der Waals surface area (Å²) in [6.45, 7) is 3.98. The van der Waals surface area contributed by atoms with Gasteiger partial charge in [-0.1, -0.05) is 16.8 Å². The number of rotatable bonds is 4. The van der Waals surface area contributed by atoms with E-state index in [0.29, 0.717) is 28.6 Å². The van der Waals surface area contributed by atoms with Gasteiger partial charge in [0.2, 0.25) is 0 Å². The van der Waals surface area contributed by atoms with Crippen molar-refractivity contribution in [1.29, 1.82) is 0 Å². The van der Waals surface area contributed by atoms with Gasteiger partial charge < -0.3 is 14.6 Å². The second-order valence-corrected chi connectivity index (χ2v) is 4.77. The van der Waals surface area contributed by atoms with Crippen LogP contribution in [0, 0.1) is 13.8 Å². The van der Waals surface area contributed by atoms with E-state index in [2.05, 4.69) is 10.5 Å². The van der Waals surface area contributed by atoms with Crippen molar-refractivity contribution in [2.75, 3.05) is 7.11 Å². The fraction of sp³-hybridized carbons (Fsp3) is 0.286. The third kappa shape index (κ3) is 2.93. The monoisotopic (exact) mass is 294 g/mol. The number of aryl methyl sites for hydroxylation is 2. The number of carbonyl (C=O) groups is 1. The maximum Gasteiger partial charge on any atom is 0.255 e. The molecule has 5 nitrogen and oxygen atoms in total. The number of halogens is 1. The second kappa shape index (κ2) is 5.96. The van der Waals surface area contributed by atoms with E-state index in [-0.39, 0.29) is 5.91 Å². The molecule has 1 amide bonds. The summed E-state index contributed by atoms with van der Waals surface area (Å²) in [4.78, 5) is 12.2. The first-order chi connectivity index (χ1) is 9.52. The van der Waals surface area contributed by atoms with E-state index in [9.17, 15) is 4.79 Å². The minimum Gasteiger partial charge on any atom is -0.496 e. The van der Waals surface area contributed by atoms with E-state index < -0.39 is 0 Å². The molecule has 0 aliphatic rings. The molecule has 0 spiro atoms. The van der Waals surface area contributed by atoms with Crippen molar-refractivity contribution >= 4 is 17.5 Å². The van der Waals surface area contributed by atoms with Gasteiger partial charge in [-0.3, -0.25) is 4.79 Å². The number of nitrogens with one attached hydrogen (secondary N) is 1. The van der Waals surface area contributed by atoms with Gasteiger partial charge >= 0.3 is 0 Å². The van der Waals surface area contributed by atoms with Gasteiger partial charge in [-0.15, -0.1) is 0 Å². The first-order valence-corrected chi connectivity index (χ1v) is 6.44. The lowest BCUT2D eigenvalue weighted by atomic mass is 10.1. The lowest BCUT2D eigenvalue weighted by Gasteiger charge is -2.09. The van der Waals surface area contributed by atoms with E-state index in [4.69, 9.17) is 20.9 Å². The summed E-state index contributed by atoms with van der Waals surface area (Å²) in [6, 6.07) is 4.90. The molecular weight excluding hydrogens is 280 g/mol. The quantitative estimate of drug-likeness (QED) is 0.941. The molecular formula is C14H15ClN2O3. The number of methoxy groups -OCH3 is 1. The van der Waals surface area contributed by atoms with E-state index in [0.717, 1.165) is 11.3 Å². The number of benzene rings is 1. The van der Waals surface area contributed by atoms with Crippen LogP contribution in [-0.2, 0) is 6.54 Å². The van der Waals surface area contributed by atoms with Crippen molar-refractivity contribution in [1.82, 2.24) is 10.5 Å². The summed E-state index contributed by atoms with van der Waals surface area (Å²) in [5, 5.41) is 7.13. The molecule has 0 bridgehead atoms. The van der Waals surface area contributed by atoms with Crippen molar-refractivity contribution in [2.45, 2.75) is 20.4 Å². The van der Waals surface area contributed by atoms with Gasteiger partial charge in [-0.2, -0.15) is 0 Å². The summed E-state index contributed by atoms with van der Waals surface area (Å²) in [5.41, 5.74) is 2.03. The molecule has 1 aromatic carbocycles. The molecule has 2 rings (SSSR count). The average molecular weight is 295 g/mol. The lowest BCUT2D eigenvalue weighted by molar-refractivity contribution is 0.0948. The van der Waals surface area contributed by atoms with Gasteiger partial charge in [0.25, 0.3) is 5.91 Å². The highest BCUT2D eigenvalue weighted by Crippen LogP contribution is 2.22. The molecule has 0 radical (unpaired) electrons. The predicted octanol–water partition coefficient (Wildman–Crippen LogP) is 2.88. The largest absolute Gasteiger partial charge is 0.496 e. The summed E-state index contributed by atoms with van der Waals surface area (Å²) in [5.74, 6) is 0.913. The molecule has 0 fully saturated rings. The Morgan fingerprint density at radius 3 is 2.80 bits per heavy atom. The van der Waals surface area contributed by atoms with Crippen molar-refractivity contribution in [3.05, 3.63) is 45.8 Å². The average Bonchev–Trinajstić information content (AvgIpc) is 2.75. The van der Waals surface area contributed by atoms with Crippen molar-refractivity contribution in [3.8, 4) is 5.75 Å². The van der Waals surface area contributed by atoms with Crippen LogP contribution in [0.2, 0.25) is 5.02 Å². The molecule has 0 aliphatic carbocycles. The zero-order chi connectivity index (χ0) is 14.7. The molecule has 0 unspecified atom stereocenters. The molecule has 0 aliphatic heterocycles. The molecule has 6 heteroatoms. The number of amides is 1. The van der Waals surface area contributed by atoms with Crippen LogP contribution >= 0.6 is 11.6 Å². The highest BCUT2D eigenvalue weighted by molar-refractivity contribution is 6.31. The number of nitrogens with zero attached hydrogens (tertiary/aromatic N) is 1. The fourth-order valence-corrected chi connectivity index (χ4v) is 2.05. The maximum atomic E-state index is 12.2. The van der Waals surface area contributed by atoms with Crippen LogP contribution in [0.5, 0.6) is 5.75 Å². The molecule has 106 valence electrons. The van der Waals surface area contributed by atoms with Crippen LogP contribution in [0.4, 0.5) is 0 Å². The summed E-state index contributed by atoms with van der Waals surface area (Å²) < 4.78 is 10.2. The topological polar surface area (TPSA) is 64.4 Å². The first-order valence-electron chi connectivity index (χ1n) is 6.06. The molecule has 1 aromatic heterocycles. The molecule has 20 heavy (non-hydrogen) atoms. The van der Waals surface area contributed by atoms with E-state index in [1.54, 1.807) is 18.2 Å². The third-order valence-corrected chi connectivity index (χ3v) is 3.25. The number of aromatic nitrogens is 1. The Kier molecular flexibility index (Phi) is 4.29. The minimum absolute atomic E-state index is 0.260. The first kappa shape index (κ1) is 14.4. The molecule has 0 atom stereocenters. The van der Waals surface area contributed by atoms with Gasteiger partial charge in [0.1, 0.15) is 11.5 Å². The Bertz CT molecular complexity index is 618. The Morgan fingerprint density at radius 2 is 2.20 bits per heavy atom. The standard InChI is InChI=1S/C14H15ClN2O3/c1-8-12(9(2)20-17-8)7-16-14(18)11-6-10(15)4-5-13(11)19-3/h4-6H,7H2,1-3H3,(H,16,18). The van der Waals surface area contributed by atoms with Crippen molar-refractivity contribution < 1.29 is 14.1 Å². The van der Waals surface area contributed by atoms with Crippen LogP contribution < -0.4 is 10.1 Å². The number of carbonyl (C=O) groups excluding carboxylic acids is 1. The van der Waals surface area contributed by atoms with Crippen LogP contribution in [0.3, 0.4) is 0 Å². The Labute approximate surface area is 121 Å². The van der Waals surface area contributed by atoms with Crippen molar-refractivity contribution in [3.63, 3.8) is 0 Å². The molecule has 0 saturated carbocycles. The van der Waals surface area contributed by atoms with Crippen LogP contribution in [0.1, 0.15) is 27.4 Å². The van der Waals surface area contributed by atoms with Gasteiger partial charge in [0, 0.05) is 17.1 Å². The fourth-order valence-electron chi connectivity index (χ4n) is 1.88. The van der Waals surface area contributed by atoms with Crippen LogP contribution in [0.15, 0.2) is 22.7 Å². The van der Waals surface area contributed by atoms with E-state index in [1.807, 2.05) is 13.8 Å². The predicted molar refractivity (Wildman–Crippen MR) is 75.2 cm³/mol. The molecule has 2 aromatic rings. The van der Waals surface area contributed by atoms with Gasteiger partial charge in [0.05, 0.1) is 18.4 Å². The number of hydrogen-bond acceptors (Lipinski definition) is 4. The van der Waals surface area contributed by atoms with Gasteiger partial charge in [-0.05, 0) is 32.0 Å². The molecule has 0 saturated heterocycles. The Hall–Kier alpha value is -2.01. The highest BCUT2D eigenvalue weighted by Gasteiger charge is 2.15. The Balaban J connectivity index is 2.15. The second-order valence-electron chi connectivity index (χ2n) is 4.33. The third-order valence-electron chi connectivity index (χ3n) is 3.01. The normalized spacial score (nSPS) is 10.4. The zero-order valence-electron chi connectivity index (χ0n) is 11.5. The maximum absolute atomic E-state index is 12.2. The minimum atomic E-state index is -0.260. The summed E-state index contributed by atoms with van der Waals surface area (Å²) in [7, 11) is 1.51. The lowest BCUT2D eigenvalue weighted by Crippen LogP contribution is -2.23. The van der Waals surface area contributed by atoms with E-state index in [1.165, 1.54) is 7.11 Å². The molecule has 1 heterocycles. The summed E-state index contributed by atoms with van der Waals surface area (Å²) >= 11 is 5.91. The van der Waals surface area contributed by atoms with Gasteiger partial charge in [-0.25, -0.2) is 0 Å². The Morgan fingerprint density at radius 1 is 1.45 bits per heavy atom. The zero-order valence-corrected chi connectivity index (χ0v) is 12.2. The van der Waals surface area contributed by atoms with Gasteiger partial charge in [0.15, 0.2) is 0 Å². The van der Waals surface area contributed by atoms with Crippen LogP contribution in [-0.4, -0.2) is 18.2 Å². The van der Waals surface area contributed by atoms with Crippen LogP contribution in [0.25, 0.3) is 0 Å². The highest BCUT2D eigenvalue weighted by atomic mass is 35.5. The SMILES string of the molecule is COc1ccc(Cl)cc1C(=O)NCc1c(C)noc1C. The number of hydrogen-bond donors (Lipinski definition) is 1. The van der Waals surface area contributed by atoms with Crippen molar-refractivity contribution in [2.24, 2.45) is 0 Å². The van der Waals surface area contributed by atoms with E-state index >= 15 is 0 Å².